The fourth-order valence-corrected chi connectivity index (χ4v) is 1.58. The lowest BCUT2D eigenvalue weighted by Gasteiger charge is -2.04. The number of rotatable bonds is 1. The Kier molecular flexibility index (Phi) is 2.09. The van der Waals surface area contributed by atoms with Crippen LogP contribution in [0.15, 0.2) is 35.3 Å². The second kappa shape index (κ2) is 3.27. The van der Waals surface area contributed by atoms with Crippen LogP contribution in [0.4, 0.5) is 0 Å². The van der Waals surface area contributed by atoms with Gasteiger partial charge in [0.05, 0.1) is 5.52 Å². The Morgan fingerprint density at radius 1 is 1.36 bits per heavy atom. The van der Waals surface area contributed by atoms with Crippen LogP contribution in [0.5, 0.6) is 0 Å². The molecule has 0 saturated heterocycles. The molecular formula is C11H12N2O. The summed E-state index contributed by atoms with van der Waals surface area (Å²) in [6.07, 6.45) is 1.77. The highest BCUT2D eigenvalue weighted by molar-refractivity contribution is 5.54. The third-order valence-electron chi connectivity index (χ3n) is 2.40. The van der Waals surface area contributed by atoms with Gasteiger partial charge in [0.25, 0.3) is 5.56 Å². The minimum Gasteiger partial charge on any atom is -0.326 e. The van der Waals surface area contributed by atoms with Gasteiger partial charge in [-0.25, -0.2) is 0 Å². The number of nitrogens with two attached hydrogens (primary N) is 1. The van der Waals surface area contributed by atoms with E-state index in [1.54, 1.807) is 16.7 Å². The molecule has 2 aromatic heterocycles. The van der Waals surface area contributed by atoms with Crippen LogP contribution in [0.25, 0.3) is 5.52 Å². The van der Waals surface area contributed by atoms with Crippen molar-refractivity contribution in [3.8, 4) is 0 Å². The molecule has 0 amide bonds. The number of nitrogens with zero attached hydrogens (tertiary/aromatic N) is 1. The van der Waals surface area contributed by atoms with Gasteiger partial charge >= 0.3 is 0 Å². The second-order valence-corrected chi connectivity index (χ2v) is 3.31. The van der Waals surface area contributed by atoms with E-state index in [2.05, 4.69) is 0 Å². The van der Waals surface area contributed by atoms with Gasteiger partial charge in [-0.15, -0.1) is 0 Å². The van der Waals surface area contributed by atoms with Crippen molar-refractivity contribution in [2.24, 2.45) is 5.73 Å². The summed E-state index contributed by atoms with van der Waals surface area (Å²) in [7, 11) is 0. The summed E-state index contributed by atoms with van der Waals surface area (Å²) in [4.78, 5) is 11.8. The van der Waals surface area contributed by atoms with Crippen molar-refractivity contribution in [3.05, 3.63) is 51.9 Å². The fourth-order valence-electron chi connectivity index (χ4n) is 1.58. The molecule has 0 spiro atoms. The van der Waals surface area contributed by atoms with Crippen molar-refractivity contribution in [3.63, 3.8) is 0 Å². The molecule has 3 heteroatoms. The lowest BCUT2D eigenvalue weighted by atomic mass is 10.2. The lowest BCUT2D eigenvalue weighted by Crippen LogP contribution is -2.20. The zero-order valence-electron chi connectivity index (χ0n) is 8.03. The van der Waals surface area contributed by atoms with Crippen LogP contribution in [0.1, 0.15) is 11.1 Å². The summed E-state index contributed by atoms with van der Waals surface area (Å²) in [6.45, 7) is 2.27. The SMILES string of the molecule is Cc1cccn2c(=O)c(CN)ccc12. The van der Waals surface area contributed by atoms with Gasteiger partial charge in [-0.3, -0.25) is 9.20 Å². The number of fused-ring (bicyclic) bond motifs is 1. The van der Waals surface area contributed by atoms with Crippen LogP contribution in [0.2, 0.25) is 0 Å². The van der Waals surface area contributed by atoms with E-state index in [0.29, 0.717) is 5.56 Å². The van der Waals surface area contributed by atoms with Gasteiger partial charge in [0.2, 0.25) is 0 Å². The normalized spacial score (nSPS) is 10.7. The van der Waals surface area contributed by atoms with Crippen molar-refractivity contribution in [1.82, 2.24) is 4.40 Å². The molecule has 0 aliphatic rings. The molecule has 2 aromatic rings. The second-order valence-electron chi connectivity index (χ2n) is 3.31. The lowest BCUT2D eigenvalue weighted by molar-refractivity contribution is 0.976. The molecule has 2 heterocycles. The maximum Gasteiger partial charge on any atom is 0.259 e. The monoisotopic (exact) mass is 188 g/mol. The van der Waals surface area contributed by atoms with Gasteiger partial charge in [0, 0.05) is 18.3 Å². The van der Waals surface area contributed by atoms with E-state index in [-0.39, 0.29) is 12.1 Å². The Labute approximate surface area is 81.8 Å². The van der Waals surface area contributed by atoms with E-state index < -0.39 is 0 Å². The molecule has 3 nitrogen and oxygen atoms in total. The Morgan fingerprint density at radius 3 is 2.86 bits per heavy atom. The number of hydrogen-bond donors (Lipinski definition) is 1. The molecule has 0 atom stereocenters. The summed E-state index contributed by atoms with van der Waals surface area (Å²) < 4.78 is 1.64. The minimum absolute atomic E-state index is 0.0197. The van der Waals surface area contributed by atoms with E-state index in [4.69, 9.17) is 5.73 Å². The quantitative estimate of drug-likeness (QED) is 0.727. The molecule has 2 rings (SSSR count). The van der Waals surface area contributed by atoms with Gasteiger partial charge < -0.3 is 5.73 Å². The van der Waals surface area contributed by atoms with Crippen LogP contribution < -0.4 is 11.3 Å². The maximum absolute atomic E-state index is 11.8. The highest BCUT2D eigenvalue weighted by Crippen LogP contribution is 2.07. The van der Waals surface area contributed by atoms with Crippen LogP contribution in [0, 0.1) is 6.92 Å². The largest absolute Gasteiger partial charge is 0.326 e. The minimum atomic E-state index is -0.0197. The van der Waals surface area contributed by atoms with Gasteiger partial charge in [-0.2, -0.15) is 0 Å². The molecule has 0 bridgehead atoms. The first kappa shape index (κ1) is 8.97. The first-order valence-electron chi connectivity index (χ1n) is 4.54. The Hall–Kier alpha value is -1.61. The van der Waals surface area contributed by atoms with E-state index in [1.165, 1.54) is 0 Å². The Morgan fingerprint density at radius 2 is 2.14 bits per heavy atom. The predicted molar refractivity (Wildman–Crippen MR) is 56.3 cm³/mol. The smallest absolute Gasteiger partial charge is 0.259 e. The predicted octanol–water partition coefficient (Wildman–Crippen LogP) is 1.07. The Bertz CT molecular complexity index is 528. The van der Waals surface area contributed by atoms with Crippen molar-refractivity contribution in [2.45, 2.75) is 13.5 Å². The first-order valence-corrected chi connectivity index (χ1v) is 4.54. The van der Waals surface area contributed by atoms with Gasteiger partial charge in [0.1, 0.15) is 0 Å². The molecule has 0 fully saturated rings. The average Bonchev–Trinajstić information content (AvgIpc) is 2.20. The highest BCUT2D eigenvalue weighted by Gasteiger charge is 2.02. The van der Waals surface area contributed by atoms with Crippen molar-refractivity contribution < 1.29 is 0 Å². The van der Waals surface area contributed by atoms with Gasteiger partial charge in [-0.05, 0) is 24.6 Å². The molecule has 0 aliphatic carbocycles. The molecule has 2 N–H and O–H groups in total. The van der Waals surface area contributed by atoms with Gasteiger partial charge in [-0.1, -0.05) is 12.1 Å². The summed E-state index contributed by atoms with van der Waals surface area (Å²) in [6, 6.07) is 7.57. The van der Waals surface area contributed by atoms with Crippen LogP contribution in [-0.4, -0.2) is 4.40 Å². The average molecular weight is 188 g/mol. The van der Waals surface area contributed by atoms with Gasteiger partial charge in [0.15, 0.2) is 0 Å². The number of pyridine rings is 2. The molecule has 0 saturated carbocycles. The molecule has 14 heavy (non-hydrogen) atoms. The van der Waals surface area contributed by atoms with E-state index in [9.17, 15) is 4.79 Å². The third kappa shape index (κ3) is 1.22. The van der Waals surface area contributed by atoms with Crippen LogP contribution in [-0.2, 0) is 6.54 Å². The van der Waals surface area contributed by atoms with Crippen LogP contribution >= 0.6 is 0 Å². The summed E-state index contributed by atoms with van der Waals surface area (Å²) in [5.41, 5.74) is 8.12. The third-order valence-corrected chi connectivity index (χ3v) is 2.40. The standard InChI is InChI=1S/C11H12N2O/c1-8-3-2-6-13-10(8)5-4-9(7-12)11(13)14/h2-6H,7,12H2,1H3. The zero-order valence-corrected chi connectivity index (χ0v) is 8.03. The number of hydrogen-bond acceptors (Lipinski definition) is 2. The molecular weight excluding hydrogens is 176 g/mol. The molecule has 0 aromatic carbocycles. The topological polar surface area (TPSA) is 47.5 Å². The van der Waals surface area contributed by atoms with Crippen molar-refractivity contribution in [1.29, 1.82) is 0 Å². The highest BCUT2D eigenvalue weighted by atomic mass is 16.1. The molecule has 72 valence electrons. The van der Waals surface area contributed by atoms with Crippen molar-refractivity contribution >= 4 is 5.52 Å². The molecule has 0 radical (unpaired) electrons. The van der Waals surface area contributed by atoms with E-state index in [1.807, 2.05) is 25.1 Å². The first-order chi connectivity index (χ1) is 6.74. The van der Waals surface area contributed by atoms with E-state index >= 15 is 0 Å². The fraction of sp³-hybridized carbons (Fsp3) is 0.182. The van der Waals surface area contributed by atoms with Crippen LogP contribution in [0.3, 0.4) is 0 Å². The van der Waals surface area contributed by atoms with Crippen molar-refractivity contribution in [2.75, 3.05) is 0 Å². The Balaban J connectivity index is 2.91. The van der Waals surface area contributed by atoms with E-state index in [0.717, 1.165) is 11.1 Å². The number of aromatic nitrogens is 1. The maximum atomic E-state index is 11.8. The zero-order chi connectivity index (χ0) is 10.1. The molecule has 0 aliphatic heterocycles. The summed E-state index contributed by atoms with van der Waals surface area (Å²) >= 11 is 0. The summed E-state index contributed by atoms with van der Waals surface area (Å²) in [5.74, 6) is 0. The number of aryl methyl sites for hydroxylation is 1. The molecule has 0 unspecified atom stereocenters. The summed E-state index contributed by atoms with van der Waals surface area (Å²) in [5, 5.41) is 0.